The molecule has 1 aliphatic rings. The Bertz CT molecular complexity index is 315. The summed E-state index contributed by atoms with van der Waals surface area (Å²) < 4.78 is 0. The molecule has 1 aliphatic carbocycles. The van der Waals surface area contributed by atoms with E-state index in [1.807, 2.05) is 37.3 Å². The number of anilines is 1. The molecule has 1 aromatic carbocycles. The van der Waals surface area contributed by atoms with Gasteiger partial charge in [-0.25, -0.2) is 0 Å². The van der Waals surface area contributed by atoms with E-state index < -0.39 is 5.60 Å². The lowest BCUT2D eigenvalue weighted by molar-refractivity contribution is 0.0142. The summed E-state index contributed by atoms with van der Waals surface area (Å²) in [5.41, 5.74) is 0.507. The molecule has 0 radical (unpaired) electrons. The molecule has 0 bridgehead atoms. The van der Waals surface area contributed by atoms with E-state index in [0.717, 1.165) is 5.69 Å². The molecule has 2 rings (SSSR count). The fourth-order valence-electron chi connectivity index (χ4n) is 2.53. The van der Waals surface area contributed by atoms with Crippen LogP contribution in [-0.4, -0.2) is 17.3 Å². The molecule has 88 valence electrons. The number of rotatable bonds is 4. The molecule has 0 saturated heterocycles. The van der Waals surface area contributed by atoms with Gasteiger partial charge in [0, 0.05) is 12.2 Å². The van der Waals surface area contributed by atoms with Crippen molar-refractivity contribution >= 4 is 5.69 Å². The van der Waals surface area contributed by atoms with Crippen LogP contribution in [0, 0.1) is 5.92 Å². The highest BCUT2D eigenvalue weighted by Gasteiger charge is 2.33. The summed E-state index contributed by atoms with van der Waals surface area (Å²) in [5, 5.41) is 13.7. The molecule has 1 saturated carbocycles. The monoisotopic (exact) mass is 219 g/mol. The van der Waals surface area contributed by atoms with E-state index in [-0.39, 0.29) is 0 Å². The summed E-state index contributed by atoms with van der Waals surface area (Å²) in [4.78, 5) is 0. The average molecular weight is 219 g/mol. The van der Waals surface area contributed by atoms with E-state index in [1.165, 1.54) is 25.7 Å². The molecule has 16 heavy (non-hydrogen) atoms. The molecule has 0 heterocycles. The Labute approximate surface area is 97.7 Å². The first-order valence-electron chi connectivity index (χ1n) is 6.20. The van der Waals surface area contributed by atoms with Gasteiger partial charge in [-0.2, -0.15) is 0 Å². The smallest absolute Gasteiger partial charge is 0.0819 e. The van der Waals surface area contributed by atoms with E-state index in [1.54, 1.807) is 0 Å². The second kappa shape index (κ2) is 4.88. The molecule has 1 fully saturated rings. The third-order valence-electron chi connectivity index (χ3n) is 3.66. The van der Waals surface area contributed by atoms with Crippen molar-refractivity contribution in [1.29, 1.82) is 0 Å². The third-order valence-corrected chi connectivity index (χ3v) is 3.66. The Kier molecular flexibility index (Phi) is 3.49. The SMILES string of the molecule is CC(O)(CNc1ccccc1)C1CCCC1. The van der Waals surface area contributed by atoms with Crippen molar-refractivity contribution in [1.82, 2.24) is 0 Å². The second-order valence-corrected chi connectivity index (χ2v) is 5.06. The van der Waals surface area contributed by atoms with Crippen molar-refractivity contribution in [3.05, 3.63) is 30.3 Å². The zero-order valence-corrected chi connectivity index (χ0v) is 9.95. The molecule has 1 atom stereocenters. The standard InChI is InChI=1S/C14H21NO/c1-14(16,12-7-5-6-8-12)11-15-13-9-3-2-4-10-13/h2-4,9-10,12,15-16H,5-8,11H2,1H3. The van der Waals surface area contributed by atoms with Gasteiger partial charge in [0.25, 0.3) is 0 Å². The fourth-order valence-corrected chi connectivity index (χ4v) is 2.53. The van der Waals surface area contributed by atoms with Crippen molar-refractivity contribution in [3.63, 3.8) is 0 Å². The predicted molar refractivity (Wildman–Crippen MR) is 67.5 cm³/mol. The van der Waals surface area contributed by atoms with Crippen LogP contribution in [0.25, 0.3) is 0 Å². The Balaban J connectivity index is 1.89. The van der Waals surface area contributed by atoms with Crippen molar-refractivity contribution in [2.24, 2.45) is 5.92 Å². The Morgan fingerprint density at radius 2 is 1.88 bits per heavy atom. The summed E-state index contributed by atoms with van der Waals surface area (Å²) >= 11 is 0. The van der Waals surface area contributed by atoms with Crippen LogP contribution in [0.15, 0.2) is 30.3 Å². The normalized spacial score (nSPS) is 20.6. The molecule has 0 spiro atoms. The minimum absolute atomic E-state index is 0.462. The van der Waals surface area contributed by atoms with Crippen molar-refractivity contribution in [3.8, 4) is 0 Å². The summed E-state index contributed by atoms with van der Waals surface area (Å²) in [7, 11) is 0. The molecule has 0 aliphatic heterocycles. The van der Waals surface area contributed by atoms with E-state index in [0.29, 0.717) is 12.5 Å². The molecular weight excluding hydrogens is 198 g/mol. The van der Waals surface area contributed by atoms with Gasteiger partial charge in [-0.15, -0.1) is 0 Å². The number of hydrogen-bond donors (Lipinski definition) is 2. The van der Waals surface area contributed by atoms with Gasteiger partial charge >= 0.3 is 0 Å². The minimum Gasteiger partial charge on any atom is -0.388 e. The Morgan fingerprint density at radius 3 is 2.50 bits per heavy atom. The highest BCUT2D eigenvalue weighted by Crippen LogP contribution is 2.34. The van der Waals surface area contributed by atoms with Crippen molar-refractivity contribution < 1.29 is 5.11 Å². The molecule has 1 aromatic rings. The summed E-state index contributed by atoms with van der Waals surface area (Å²) in [6.45, 7) is 2.60. The fraction of sp³-hybridized carbons (Fsp3) is 0.571. The lowest BCUT2D eigenvalue weighted by Gasteiger charge is -2.30. The lowest BCUT2D eigenvalue weighted by Crippen LogP contribution is -2.40. The first-order chi connectivity index (χ1) is 7.68. The maximum atomic E-state index is 10.4. The van der Waals surface area contributed by atoms with Gasteiger partial charge in [0.2, 0.25) is 0 Å². The quantitative estimate of drug-likeness (QED) is 0.815. The highest BCUT2D eigenvalue weighted by molar-refractivity contribution is 5.42. The van der Waals surface area contributed by atoms with Gasteiger partial charge in [0.1, 0.15) is 0 Å². The summed E-state index contributed by atoms with van der Waals surface area (Å²) in [6.07, 6.45) is 4.88. The Hall–Kier alpha value is -1.02. The maximum Gasteiger partial charge on any atom is 0.0819 e. The van der Waals surface area contributed by atoms with Crippen molar-refractivity contribution in [2.45, 2.75) is 38.2 Å². The number of nitrogens with one attached hydrogen (secondary N) is 1. The van der Waals surface area contributed by atoms with E-state index in [4.69, 9.17) is 0 Å². The van der Waals surface area contributed by atoms with Crippen LogP contribution in [0.2, 0.25) is 0 Å². The third kappa shape index (κ3) is 2.76. The summed E-state index contributed by atoms with van der Waals surface area (Å²) in [5.74, 6) is 0.462. The van der Waals surface area contributed by atoms with E-state index >= 15 is 0 Å². The molecule has 1 unspecified atom stereocenters. The largest absolute Gasteiger partial charge is 0.388 e. The highest BCUT2D eigenvalue weighted by atomic mass is 16.3. The van der Waals surface area contributed by atoms with Crippen LogP contribution in [0.1, 0.15) is 32.6 Å². The first kappa shape index (κ1) is 11.5. The van der Waals surface area contributed by atoms with E-state index in [9.17, 15) is 5.11 Å². The zero-order chi connectivity index (χ0) is 11.4. The number of hydrogen-bond acceptors (Lipinski definition) is 2. The van der Waals surface area contributed by atoms with Crippen LogP contribution in [-0.2, 0) is 0 Å². The van der Waals surface area contributed by atoms with Crippen LogP contribution in [0.4, 0.5) is 5.69 Å². The van der Waals surface area contributed by atoms with Gasteiger partial charge in [-0.1, -0.05) is 31.0 Å². The lowest BCUT2D eigenvalue weighted by atomic mass is 9.87. The van der Waals surface area contributed by atoms with Gasteiger partial charge in [-0.3, -0.25) is 0 Å². The minimum atomic E-state index is -0.577. The maximum absolute atomic E-state index is 10.4. The molecular formula is C14H21NO. The molecule has 0 amide bonds. The number of para-hydroxylation sites is 1. The summed E-state index contributed by atoms with van der Waals surface area (Å²) in [6, 6.07) is 10.1. The zero-order valence-electron chi connectivity index (χ0n) is 9.95. The first-order valence-corrected chi connectivity index (χ1v) is 6.20. The molecule has 2 heteroatoms. The average Bonchev–Trinajstić information content (AvgIpc) is 2.82. The second-order valence-electron chi connectivity index (χ2n) is 5.06. The van der Waals surface area contributed by atoms with Crippen molar-refractivity contribution in [2.75, 3.05) is 11.9 Å². The van der Waals surface area contributed by atoms with Crippen LogP contribution in [0.5, 0.6) is 0 Å². The van der Waals surface area contributed by atoms with Gasteiger partial charge in [0.05, 0.1) is 5.60 Å². The number of benzene rings is 1. The topological polar surface area (TPSA) is 32.3 Å². The van der Waals surface area contributed by atoms with Gasteiger partial charge in [0.15, 0.2) is 0 Å². The van der Waals surface area contributed by atoms with Crippen LogP contribution >= 0.6 is 0 Å². The Morgan fingerprint density at radius 1 is 1.25 bits per heavy atom. The predicted octanol–water partition coefficient (Wildman–Crippen LogP) is 3.04. The van der Waals surface area contributed by atoms with Gasteiger partial charge < -0.3 is 10.4 Å². The number of aliphatic hydroxyl groups is 1. The van der Waals surface area contributed by atoms with E-state index in [2.05, 4.69) is 5.32 Å². The molecule has 2 nitrogen and oxygen atoms in total. The molecule has 2 N–H and O–H groups in total. The van der Waals surface area contributed by atoms with Gasteiger partial charge in [-0.05, 0) is 37.8 Å². The van der Waals surface area contributed by atoms with Crippen LogP contribution in [0.3, 0.4) is 0 Å². The van der Waals surface area contributed by atoms with Crippen LogP contribution < -0.4 is 5.32 Å². The molecule has 0 aromatic heterocycles.